The van der Waals surface area contributed by atoms with E-state index in [-0.39, 0.29) is 18.8 Å². The highest BCUT2D eigenvalue weighted by atomic mass is 31.2. The molecule has 3 atom stereocenters. The predicted octanol–water partition coefficient (Wildman–Crippen LogP) is 4.39. The van der Waals surface area contributed by atoms with E-state index in [1.54, 1.807) is 0 Å². The summed E-state index contributed by atoms with van der Waals surface area (Å²) in [7, 11) is 1.91. The highest BCUT2D eigenvalue weighted by molar-refractivity contribution is 7.47. The summed E-state index contributed by atoms with van der Waals surface area (Å²) >= 11 is 0. The normalized spacial score (nSPS) is 16.7. The fraction of sp³-hybridized carbons (Fsp3) is 1.00. The van der Waals surface area contributed by atoms with Crippen molar-refractivity contribution in [2.75, 3.05) is 54.1 Å². The molecule has 8 heteroatoms. The van der Waals surface area contributed by atoms with Crippen molar-refractivity contribution >= 4 is 7.82 Å². The van der Waals surface area contributed by atoms with Crippen LogP contribution in [0.5, 0.6) is 0 Å². The van der Waals surface area contributed by atoms with Crippen LogP contribution in [-0.4, -0.2) is 75.7 Å². The number of likely N-dealkylation sites (N-methyl/N-ethyl adjacent to an activating group) is 1. The molecule has 0 aromatic carbocycles. The van der Waals surface area contributed by atoms with Crippen molar-refractivity contribution in [2.45, 2.75) is 77.9 Å². The van der Waals surface area contributed by atoms with Gasteiger partial charge in [-0.05, 0) is 19.3 Å². The molecule has 0 radical (unpaired) electrons. The topological polar surface area (TPSA) is 74.2 Å². The summed E-state index contributed by atoms with van der Waals surface area (Å²) in [4.78, 5) is 10.1. The number of ether oxygens (including phenoxy) is 2. The van der Waals surface area contributed by atoms with Crippen LogP contribution < -0.4 is 0 Å². The standard InChI is InChI=1S/C20H44NO6P/c1-7-10-12-14-24-17-20(25-15-13-11-8-2)18-26-28(22,23)27-19(9-3)16-21(4,5)6/h19-20H,7-18H2,1-6H3/p+1/t19-,20+/m0/s1. The Labute approximate surface area is 172 Å². The summed E-state index contributed by atoms with van der Waals surface area (Å²) in [6.07, 6.45) is 6.36. The second-order valence-corrected chi connectivity index (χ2v) is 9.76. The van der Waals surface area contributed by atoms with Gasteiger partial charge in [-0.3, -0.25) is 9.05 Å². The molecule has 0 aromatic heterocycles. The van der Waals surface area contributed by atoms with Crippen LogP contribution in [0, 0.1) is 0 Å². The summed E-state index contributed by atoms with van der Waals surface area (Å²) in [6, 6.07) is 0. The van der Waals surface area contributed by atoms with Gasteiger partial charge in [-0.15, -0.1) is 0 Å². The highest BCUT2D eigenvalue weighted by Crippen LogP contribution is 2.45. The van der Waals surface area contributed by atoms with Gasteiger partial charge in [0.2, 0.25) is 0 Å². The third-order valence-electron chi connectivity index (χ3n) is 4.21. The number of unbranched alkanes of at least 4 members (excludes halogenated alkanes) is 4. The Morgan fingerprint density at radius 1 is 0.893 bits per heavy atom. The van der Waals surface area contributed by atoms with Crippen LogP contribution in [0.15, 0.2) is 0 Å². The van der Waals surface area contributed by atoms with E-state index in [9.17, 15) is 9.46 Å². The summed E-state index contributed by atoms with van der Waals surface area (Å²) < 4.78 is 35.1. The van der Waals surface area contributed by atoms with Gasteiger partial charge >= 0.3 is 7.82 Å². The molecular weight excluding hydrogens is 381 g/mol. The molecule has 0 amide bonds. The van der Waals surface area contributed by atoms with E-state index in [1.807, 2.05) is 28.1 Å². The van der Waals surface area contributed by atoms with Crippen LogP contribution in [0.3, 0.4) is 0 Å². The summed E-state index contributed by atoms with van der Waals surface area (Å²) in [5.74, 6) is 0. The van der Waals surface area contributed by atoms with Gasteiger partial charge < -0.3 is 18.9 Å². The Hall–Kier alpha value is -0.0100. The van der Waals surface area contributed by atoms with Crippen LogP contribution >= 0.6 is 7.82 Å². The van der Waals surface area contributed by atoms with Gasteiger partial charge in [0.1, 0.15) is 18.8 Å². The zero-order valence-corrected chi connectivity index (χ0v) is 19.9. The van der Waals surface area contributed by atoms with Gasteiger partial charge in [0.05, 0.1) is 34.4 Å². The first-order valence-electron chi connectivity index (χ1n) is 10.8. The van der Waals surface area contributed by atoms with Crippen molar-refractivity contribution < 1.29 is 32.5 Å². The Bertz CT molecular complexity index is 416. The van der Waals surface area contributed by atoms with E-state index >= 15 is 0 Å². The molecule has 0 aliphatic heterocycles. The van der Waals surface area contributed by atoms with Crippen LogP contribution in [0.25, 0.3) is 0 Å². The first-order chi connectivity index (χ1) is 13.1. The largest absolute Gasteiger partial charge is 0.472 e. The SMILES string of the molecule is CCCCCOC[C@H](COP(=O)(O)O[C@@H](CC)C[N+](C)(C)C)OCCCCC. The maximum absolute atomic E-state index is 12.4. The van der Waals surface area contributed by atoms with Gasteiger partial charge in [-0.2, -0.15) is 0 Å². The molecule has 0 heterocycles. The third kappa shape index (κ3) is 16.9. The molecule has 0 aromatic rings. The minimum Gasteiger partial charge on any atom is -0.379 e. The summed E-state index contributed by atoms with van der Waals surface area (Å²) in [5, 5.41) is 0. The lowest BCUT2D eigenvalue weighted by atomic mass is 10.2. The number of hydrogen-bond donors (Lipinski definition) is 1. The minimum atomic E-state index is -4.15. The average Bonchev–Trinajstić information content (AvgIpc) is 2.60. The maximum atomic E-state index is 12.4. The van der Waals surface area contributed by atoms with Gasteiger partial charge in [0.15, 0.2) is 0 Å². The van der Waals surface area contributed by atoms with E-state index in [0.717, 1.165) is 38.5 Å². The number of quaternary nitrogens is 1. The second-order valence-electron chi connectivity index (χ2n) is 8.35. The van der Waals surface area contributed by atoms with Crippen LogP contribution in [0.1, 0.15) is 65.7 Å². The zero-order chi connectivity index (χ0) is 21.5. The molecule has 1 N–H and O–H groups in total. The molecule has 0 saturated carbocycles. The first-order valence-corrected chi connectivity index (χ1v) is 12.3. The van der Waals surface area contributed by atoms with Crippen molar-refractivity contribution in [2.24, 2.45) is 0 Å². The molecule has 170 valence electrons. The van der Waals surface area contributed by atoms with E-state index in [1.165, 1.54) is 0 Å². The molecule has 0 rings (SSSR count). The Morgan fingerprint density at radius 2 is 1.50 bits per heavy atom. The molecule has 0 saturated heterocycles. The molecule has 1 unspecified atom stereocenters. The lowest BCUT2D eigenvalue weighted by Crippen LogP contribution is -2.42. The van der Waals surface area contributed by atoms with Gasteiger partial charge in [-0.25, -0.2) is 4.57 Å². The fourth-order valence-electron chi connectivity index (χ4n) is 2.66. The molecular formula is C20H45NO6P+. The number of hydrogen-bond acceptors (Lipinski definition) is 5. The van der Waals surface area contributed by atoms with Crippen molar-refractivity contribution in [3.8, 4) is 0 Å². The van der Waals surface area contributed by atoms with E-state index in [2.05, 4.69) is 13.8 Å². The molecule has 0 bridgehead atoms. The van der Waals surface area contributed by atoms with Gasteiger partial charge in [-0.1, -0.05) is 46.5 Å². The van der Waals surface area contributed by atoms with Crippen molar-refractivity contribution in [1.82, 2.24) is 0 Å². The van der Waals surface area contributed by atoms with Crippen LogP contribution in [-0.2, 0) is 23.1 Å². The first kappa shape index (κ1) is 28.0. The van der Waals surface area contributed by atoms with Crippen molar-refractivity contribution in [1.29, 1.82) is 0 Å². The zero-order valence-electron chi connectivity index (χ0n) is 19.0. The maximum Gasteiger partial charge on any atom is 0.472 e. The van der Waals surface area contributed by atoms with E-state index in [0.29, 0.717) is 37.3 Å². The fourth-order valence-corrected chi connectivity index (χ4v) is 3.67. The lowest BCUT2D eigenvalue weighted by molar-refractivity contribution is -0.873. The molecule has 0 fully saturated rings. The smallest absolute Gasteiger partial charge is 0.379 e. The lowest BCUT2D eigenvalue weighted by Gasteiger charge is -2.29. The van der Waals surface area contributed by atoms with E-state index in [4.69, 9.17) is 18.5 Å². The monoisotopic (exact) mass is 426 g/mol. The summed E-state index contributed by atoms with van der Waals surface area (Å²) in [6.45, 7) is 8.44. The number of phosphoric acid groups is 1. The molecule has 0 aliphatic carbocycles. The second kappa shape index (κ2) is 15.8. The van der Waals surface area contributed by atoms with Crippen LogP contribution in [0.4, 0.5) is 0 Å². The molecule has 28 heavy (non-hydrogen) atoms. The minimum absolute atomic E-state index is 0.0194. The Morgan fingerprint density at radius 3 is 2.04 bits per heavy atom. The van der Waals surface area contributed by atoms with Gasteiger partial charge in [0.25, 0.3) is 0 Å². The van der Waals surface area contributed by atoms with Gasteiger partial charge in [0, 0.05) is 13.2 Å². The highest BCUT2D eigenvalue weighted by Gasteiger charge is 2.30. The quantitative estimate of drug-likeness (QED) is 0.188. The number of nitrogens with zero attached hydrogens (tertiary/aromatic N) is 1. The third-order valence-corrected chi connectivity index (χ3v) is 5.25. The molecule has 7 nitrogen and oxygen atoms in total. The Kier molecular flexibility index (Phi) is 15.8. The van der Waals surface area contributed by atoms with Crippen LogP contribution in [0.2, 0.25) is 0 Å². The molecule has 0 spiro atoms. The van der Waals surface area contributed by atoms with Crippen molar-refractivity contribution in [3.63, 3.8) is 0 Å². The number of phosphoric ester groups is 1. The molecule has 0 aliphatic rings. The average molecular weight is 427 g/mol. The predicted molar refractivity (Wildman–Crippen MR) is 113 cm³/mol. The summed E-state index contributed by atoms with van der Waals surface area (Å²) in [5.41, 5.74) is 0. The number of rotatable bonds is 19. The van der Waals surface area contributed by atoms with E-state index < -0.39 is 7.82 Å². The Balaban J connectivity index is 4.51. The van der Waals surface area contributed by atoms with Crippen molar-refractivity contribution in [3.05, 3.63) is 0 Å².